The molecule has 2 saturated heterocycles. The Balaban J connectivity index is 0.000000204. The van der Waals surface area contributed by atoms with Gasteiger partial charge in [0.05, 0.1) is 38.9 Å². The third-order valence-electron chi connectivity index (χ3n) is 9.35. The van der Waals surface area contributed by atoms with Crippen molar-refractivity contribution >= 4 is 97.1 Å². The summed E-state index contributed by atoms with van der Waals surface area (Å²) >= 11 is 18.1. The number of benzene rings is 2. The molecule has 2 aromatic carbocycles. The minimum absolute atomic E-state index is 0.0244. The number of piperazine rings is 2. The normalized spacial score (nSPS) is 20.5. The first kappa shape index (κ1) is 41.5. The smallest absolute Gasteiger partial charge is 0.410 e. The zero-order valence-corrected chi connectivity index (χ0v) is 36.5. The maximum absolute atomic E-state index is 13.2. The van der Waals surface area contributed by atoms with Gasteiger partial charge in [-0.25, -0.2) is 9.59 Å². The Morgan fingerprint density at radius 3 is 1.83 bits per heavy atom. The second kappa shape index (κ2) is 16.6. The molecule has 2 fully saturated rings. The molecule has 0 aliphatic carbocycles. The average Bonchev–Trinajstić information content (AvgIpc) is 3.06. The van der Waals surface area contributed by atoms with Gasteiger partial charge in [-0.05, 0) is 117 Å². The molecule has 4 amide bonds. The number of rotatable bonds is 0. The van der Waals surface area contributed by atoms with Crippen LogP contribution in [0, 0.1) is 3.57 Å². The van der Waals surface area contributed by atoms with Gasteiger partial charge in [-0.15, -0.1) is 0 Å². The van der Waals surface area contributed by atoms with Gasteiger partial charge in [0.25, 0.3) is 11.8 Å². The van der Waals surface area contributed by atoms with Gasteiger partial charge in [-0.3, -0.25) is 9.59 Å². The van der Waals surface area contributed by atoms with E-state index in [1.807, 2.05) is 70.5 Å². The number of ether oxygens (including phenoxy) is 2. The molecule has 6 rings (SSSR count). The van der Waals surface area contributed by atoms with Crippen LogP contribution < -0.4 is 10.2 Å². The van der Waals surface area contributed by atoms with Crippen LogP contribution in [0.5, 0.6) is 0 Å². The monoisotopic (exact) mass is 948 g/mol. The summed E-state index contributed by atoms with van der Waals surface area (Å²) in [6.45, 7) is 15.5. The minimum atomic E-state index is -0.532. The van der Waals surface area contributed by atoms with Gasteiger partial charge in [0.2, 0.25) is 0 Å². The Labute approximate surface area is 344 Å². The summed E-state index contributed by atoms with van der Waals surface area (Å²) in [4.78, 5) is 60.3. The van der Waals surface area contributed by atoms with Gasteiger partial charge in [-0.2, -0.15) is 0 Å². The molecule has 0 bridgehead atoms. The van der Waals surface area contributed by atoms with Crippen molar-refractivity contribution < 1.29 is 28.7 Å². The Hall–Kier alpha value is -2.69. The molecule has 0 radical (unpaired) electrons. The van der Waals surface area contributed by atoms with E-state index < -0.39 is 11.2 Å². The molecule has 0 saturated carbocycles. The maximum Gasteiger partial charge on any atom is 0.410 e. The van der Waals surface area contributed by atoms with Crippen molar-refractivity contribution in [1.29, 1.82) is 0 Å². The number of hydrogen-bond acceptors (Lipinski definition) is 8. The first-order valence-electron chi connectivity index (χ1n) is 17.7. The predicted octanol–water partition coefficient (Wildman–Crippen LogP) is 7.83. The lowest BCUT2D eigenvalue weighted by Crippen LogP contribution is -2.58. The van der Waals surface area contributed by atoms with Crippen molar-refractivity contribution in [3.8, 4) is 0 Å². The molecular formula is C37H48BrCl2IN6O6. The van der Waals surface area contributed by atoms with E-state index in [0.717, 1.165) is 38.8 Å². The second-order valence-electron chi connectivity index (χ2n) is 15.7. The Morgan fingerprint density at radius 1 is 0.774 bits per heavy atom. The quantitative estimate of drug-likeness (QED) is 0.266. The van der Waals surface area contributed by atoms with Crippen LogP contribution in [0.1, 0.15) is 75.1 Å². The highest BCUT2D eigenvalue weighted by Crippen LogP contribution is 2.34. The maximum atomic E-state index is 13.2. The predicted molar refractivity (Wildman–Crippen MR) is 220 cm³/mol. The Bertz CT molecular complexity index is 1750. The third-order valence-corrected chi connectivity index (χ3v) is 12.1. The fourth-order valence-electron chi connectivity index (χ4n) is 6.76. The van der Waals surface area contributed by atoms with E-state index in [0.29, 0.717) is 67.0 Å². The van der Waals surface area contributed by atoms with Gasteiger partial charge in [0.1, 0.15) is 11.2 Å². The van der Waals surface area contributed by atoms with Crippen molar-refractivity contribution in [2.45, 2.75) is 77.7 Å². The summed E-state index contributed by atoms with van der Waals surface area (Å²) in [5, 5.41) is 4.40. The fraction of sp³-hybridized carbons (Fsp3) is 0.568. The van der Waals surface area contributed by atoms with Gasteiger partial charge in [0.15, 0.2) is 0 Å². The lowest BCUT2D eigenvalue weighted by Gasteiger charge is -2.44. The minimum Gasteiger partial charge on any atom is -0.444 e. The molecule has 53 heavy (non-hydrogen) atoms. The summed E-state index contributed by atoms with van der Waals surface area (Å²) in [5.74, 6) is -0.0841. The number of anilines is 2. The molecule has 290 valence electrons. The van der Waals surface area contributed by atoms with Crippen LogP contribution in [0.15, 0.2) is 28.7 Å². The van der Waals surface area contributed by atoms with Crippen molar-refractivity contribution in [3.63, 3.8) is 0 Å². The van der Waals surface area contributed by atoms with Gasteiger partial charge in [0, 0.05) is 73.1 Å². The van der Waals surface area contributed by atoms with E-state index in [4.69, 9.17) is 32.7 Å². The summed E-state index contributed by atoms with van der Waals surface area (Å²) in [6, 6.07) is 7.18. The summed E-state index contributed by atoms with van der Waals surface area (Å²) in [6.07, 6.45) is 0.903. The van der Waals surface area contributed by atoms with Crippen LogP contribution in [0.25, 0.3) is 0 Å². The molecule has 12 nitrogen and oxygen atoms in total. The Morgan fingerprint density at radius 2 is 1.28 bits per heavy atom. The molecule has 0 aromatic heterocycles. The topological polar surface area (TPSA) is 115 Å². The van der Waals surface area contributed by atoms with E-state index in [1.165, 1.54) is 0 Å². The highest BCUT2D eigenvalue weighted by Gasteiger charge is 2.38. The largest absolute Gasteiger partial charge is 0.444 e. The van der Waals surface area contributed by atoms with Gasteiger partial charge >= 0.3 is 12.2 Å². The number of carbonyl (C=O) groups is 4. The first-order chi connectivity index (χ1) is 24.7. The number of halogens is 4. The van der Waals surface area contributed by atoms with Crippen LogP contribution in [-0.4, -0.2) is 126 Å². The average molecular weight is 951 g/mol. The van der Waals surface area contributed by atoms with Gasteiger partial charge in [-0.1, -0.05) is 23.2 Å². The number of hydrogen-bond donors (Lipinski definition) is 1. The number of carbonyl (C=O) groups excluding carboxylic acids is 4. The fourth-order valence-corrected chi connectivity index (χ4v) is 7.88. The molecular weight excluding hydrogens is 902 g/mol. The van der Waals surface area contributed by atoms with Crippen molar-refractivity contribution in [2.75, 3.05) is 69.6 Å². The van der Waals surface area contributed by atoms with Crippen molar-refractivity contribution in [1.82, 2.24) is 19.6 Å². The summed E-state index contributed by atoms with van der Waals surface area (Å²) < 4.78 is 12.7. The molecule has 4 aliphatic heterocycles. The summed E-state index contributed by atoms with van der Waals surface area (Å²) in [7, 11) is 1.99. The van der Waals surface area contributed by atoms with Crippen LogP contribution >= 0.6 is 61.7 Å². The number of nitrogens with one attached hydrogen (secondary N) is 1. The molecule has 4 aliphatic rings. The SMILES string of the molecule is CC(C)(C)OC(=O)N1CCN2C(=O)c3cc(Cl)c(Br)cc3NCC[C@H]2C1.CN1CC[C@H]2CN(C(=O)OC(C)(C)C)CCN2C(=O)c2cc(Cl)c(I)cc21. The summed E-state index contributed by atoms with van der Waals surface area (Å²) in [5.41, 5.74) is 1.81. The third kappa shape index (κ3) is 10.1. The Kier molecular flexibility index (Phi) is 13.0. The van der Waals surface area contributed by atoms with E-state index in [2.05, 4.69) is 48.7 Å². The van der Waals surface area contributed by atoms with Crippen molar-refractivity contribution in [2.24, 2.45) is 0 Å². The van der Waals surface area contributed by atoms with Crippen LogP contribution in [0.2, 0.25) is 10.0 Å². The van der Waals surface area contributed by atoms with E-state index >= 15 is 0 Å². The van der Waals surface area contributed by atoms with E-state index in [9.17, 15) is 19.2 Å². The number of nitrogens with zero attached hydrogens (tertiary/aromatic N) is 5. The molecule has 1 N–H and O–H groups in total. The zero-order valence-electron chi connectivity index (χ0n) is 31.2. The van der Waals surface area contributed by atoms with Crippen LogP contribution in [0.3, 0.4) is 0 Å². The van der Waals surface area contributed by atoms with Gasteiger partial charge < -0.3 is 39.3 Å². The molecule has 2 aromatic rings. The molecule has 0 unspecified atom stereocenters. The second-order valence-corrected chi connectivity index (χ2v) is 18.5. The van der Waals surface area contributed by atoms with E-state index in [-0.39, 0.29) is 36.1 Å². The molecule has 4 heterocycles. The van der Waals surface area contributed by atoms with Crippen LogP contribution in [-0.2, 0) is 9.47 Å². The lowest BCUT2D eigenvalue weighted by atomic mass is 10.0. The van der Waals surface area contributed by atoms with Crippen molar-refractivity contribution in [3.05, 3.63) is 53.5 Å². The molecule has 16 heteroatoms. The zero-order chi connectivity index (χ0) is 39.0. The number of fused-ring (bicyclic) bond motifs is 4. The first-order valence-corrected chi connectivity index (χ1v) is 20.4. The molecule has 2 atom stereocenters. The highest BCUT2D eigenvalue weighted by molar-refractivity contribution is 14.1. The number of amides is 4. The van der Waals surface area contributed by atoms with Crippen LogP contribution in [0.4, 0.5) is 21.0 Å². The van der Waals surface area contributed by atoms with E-state index in [1.54, 1.807) is 21.9 Å². The standard InChI is InChI=1S/C19H25ClIN3O3.C18H23BrClN3O3/c1-19(2,3)27-18(26)23-7-8-24-12(11-23)5-6-22(4)16-10-15(21)14(20)9-13(16)17(24)25;1-18(2,3)26-17(25)22-6-7-23-11(10-22)4-5-21-15-9-13(19)14(20)8-12(15)16(23)24/h9-10,12H,5-8,11H2,1-4H3;8-9,11,21H,4-7,10H2,1-3H3/t12-;11-/m00/s1. The lowest BCUT2D eigenvalue weighted by molar-refractivity contribution is 0.00331. The highest BCUT2D eigenvalue weighted by atomic mass is 127. The molecule has 0 spiro atoms.